The Morgan fingerprint density at radius 1 is 1.08 bits per heavy atom. The Morgan fingerprint density at radius 3 is 2.33 bits per heavy atom. The summed E-state index contributed by atoms with van der Waals surface area (Å²) in [5.74, 6) is -0.587. The van der Waals surface area contributed by atoms with E-state index >= 15 is 0 Å². The number of hydrogen-bond donors (Lipinski definition) is 1. The zero-order valence-corrected chi connectivity index (χ0v) is 14.6. The molecule has 2 rings (SSSR count). The second-order valence-corrected chi connectivity index (χ2v) is 7.03. The number of aliphatic hydroxyl groups excluding tert-OH is 1. The third-order valence-electron chi connectivity index (χ3n) is 3.65. The van der Waals surface area contributed by atoms with Crippen molar-refractivity contribution in [1.82, 2.24) is 0 Å². The van der Waals surface area contributed by atoms with Crippen molar-refractivity contribution in [3.63, 3.8) is 0 Å². The molecule has 1 N–H and O–H groups in total. The maximum atomic E-state index is 12.4. The van der Waals surface area contributed by atoms with Gasteiger partial charge in [-0.3, -0.25) is 9.59 Å². The van der Waals surface area contributed by atoms with Crippen LogP contribution < -0.4 is 0 Å². The van der Waals surface area contributed by atoms with Crippen LogP contribution in [0.3, 0.4) is 0 Å². The van der Waals surface area contributed by atoms with Crippen molar-refractivity contribution in [2.75, 3.05) is 27.7 Å². The SMILES string of the molecule is CC(=O)OCc1ccc2cc(C(=O)C(O)C[N+](C)(C)C)ccc2c1. The van der Waals surface area contributed by atoms with Crippen LogP contribution in [0.25, 0.3) is 10.8 Å². The zero-order valence-electron chi connectivity index (χ0n) is 14.6. The molecule has 0 heterocycles. The number of rotatable bonds is 6. The van der Waals surface area contributed by atoms with Gasteiger partial charge in [0.05, 0.1) is 21.1 Å². The summed E-state index contributed by atoms with van der Waals surface area (Å²) in [6, 6.07) is 11.0. The highest BCUT2D eigenvalue weighted by atomic mass is 16.5. The van der Waals surface area contributed by atoms with Crippen molar-refractivity contribution in [2.45, 2.75) is 19.6 Å². The Kier molecular flexibility index (Phi) is 5.36. The van der Waals surface area contributed by atoms with E-state index in [1.807, 2.05) is 45.4 Å². The molecule has 0 fully saturated rings. The summed E-state index contributed by atoms with van der Waals surface area (Å²) in [6.07, 6.45) is -1.02. The van der Waals surface area contributed by atoms with Crippen LogP contribution in [0.1, 0.15) is 22.8 Å². The lowest BCUT2D eigenvalue weighted by atomic mass is 10.00. The lowest BCUT2D eigenvalue weighted by Crippen LogP contribution is -2.44. The lowest BCUT2D eigenvalue weighted by Gasteiger charge is -2.26. The quantitative estimate of drug-likeness (QED) is 0.501. The van der Waals surface area contributed by atoms with Crippen LogP contribution in [0.5, 0.6) is 0 Å². The van der Waals surface area contributed by atoms with Gasteiger partial charge >= 0.3 is 5.97 Å². The molecule has 0 aliphatic heterocycles. The molecule has 1 atom stereocenters. The minimum atomic E-state index is -1.02. The van der Waals surface area contributed by atoms with Crippen molar-refractivity contribution < 1.29 is 23.9 Å². The van der Waals surface area contributed by atoms with E-state index in [1.165, 1.54) is 6.92 Å². The molecule has 2 aromatic carbocycles. The number of benzene rings is 2. The highest BCUT2D eigenvalue weighted by molar-refractivity contribution is 6.02. The van der Waals surface area contributed by atoms with E-state index in [0.29, 0.717) is 16.6 Å². The second kappa shape index (κ2) is 7.11. The molecule has 1 unspecified atom stereocenters. The minimum absolute atomic E-state index is 0.230. The fourth-order valence-corrected chi connectivity index (χ4v) is 2.52. The Morgan fingerprint density at radius 2 is 1.71 bits per heavy atom. The zero-order chi connectivity index (χ0) is 17.9. The maximum absolute atomic E-state index is 12.4. The Balaban J connectivity index is 2.20. The van der Waals surface area contributed by atoms with Crippen LogP contribution in [0, 0.1) is 0 Å². The molecule has 5 heteroatoms. The number of likely N-dealkylation sites (N-methyl/N-ethyl adjacent to an activating group) is 1. The lowest BCUT2D eigenvalue weighted by molar-refractivity contribution is -0.872. The predicted molar refractivity (Wildman–Crippen MR) is 92.7 cm³/mol. The molecule has 0 radical (unpaired) electrons. The van der Waals surface area contributed by atoms with Crippen LogP contribution >= 0.6 is 0 Å². The second-order valence-electron chi connectivity index (χ2n) is 7.03. The standard InChI is InChI=1S/C19H24NO4/c1-13(21)24-12-14-5-6-16-10-17(8-7-15(16)9-14)19(23)18(22)11-20(2,3)4/h5-10,18,22H,11-12H2,1-4H3/q+1. The first-order chi connectivity index (χ1) is 11.2. The first-order valence-corrected chi connectivity index (χ1v) is 7.84. The molecule has 5 nitrogen and oxygen atoms in total. The van der Waals surface area contributed by atoms with Gasteiger partial charge in [0, 0.05) is 12.5 Å². The molecule has 0 aromatic heterocycles. The molecule has 0 spiro atoms. The molecule has 0 aliphatic rings. The van der Waals surface area contributed by atoms with Gasteiger partial charge in [0.1, 0.15) is 13.2 Å². The Hall–Kier alpha value is -2.24. The molecule has 0 aliphatic carbocycles. The van der Waals surface area contributed by atoms with E-state index in [1.54, 1.807) is 12.1 Å². The predicted octanol–water partition coefficient (Wildman–Crippen LogP) is 2.15. The van der Waals surface area contributed by atoms with Gasteiger partial charge < -0.3 is 14.3 Å². The van der Waals surface area contributed by atoms with Crippen LogP contribution in [-0.4, -0.2) is 55.1 Å². The molecule has 0 bridgehead atoms. The number of carbonyl (C=O) groups excluding carboxylic acids is 2. The summed E-state index contributed by atoms with van der Waals surface area (Å²) in [4.78, 5) is 23.3. The summed E-state index contributed by atoms with van der Waals surface area (Å²) in [5, 5.41) is 12.0. The number of esters is 1. The van der Waals surface area contributed by atoms with Gasteiger partial charge in [-0.05, 0) is 28.5 Å². The number of carbonyl (C=O) groups is 2. The number of Topliss-reactive ketones (excluding diaryl/α,β-unsaturated/α-hetero) is 1. The minimum Gasteiger partial charge on any atom is -0.461 e. The Bertz CT molecular complexity index is 762. The fraction of sp³-hybridized carbons (Fsp3) is 0.368. The average molecular weight is 330 g/mol. The van der Waals surface area contributed by atoms with Crippen molar-refractivity contribution in [3.05, 3.63) is 47.5 Å². The van der Waals surface area contributed by atoms with Gasteiger partial charge in [0.25, 0.3) is 0 Å². The molecule has 0 saturated heterocycles. The number of hydrogen-bond acceptors (Lipinski definition) is 4. The number of quaternary nitrogens is 1. The van der Waals surface area contributed by atoms with Gasteiger partial charge in [0.15, 0.2) is 11.9 Å². The van der Waals surface area contributed by atoms with Crippen molar-refractivity contribution in [3.8, 4) is 0 Å². The third kappa shape index (κ3) is 4.88. The maximum Gasteiger partial charge on any atom is 0.302 e. The van der Waals surface area contributed by atoms with Crippen LogP contribution in [0.4, 0.5) is 0 Å². The summed E-state index contributed by atoms with van der Waals surface area (Å²) in [5.41, 5.74) is 1.39. The van der Waals surface area contributed by atoms with Gasteiger partial charge in [0.2, 0.25) is 0 Å². The third-order valence-corrected chi connectivity index (χ3v) is 3.65. The average Bonchev–Trinajstić information content (AvgIpc) is 2.49. The molecular weight excluding hydrogens is 306 g/mol. The molecule has 128 valence electrons. The van der Waals surface area contributed by atoms with E-state index in [0.717, 1.165) is 16.3 Å². The van der Waals surface area contributed by atoms with Crippen LogP contribution in [0.2, 0.25) is 0 Å². The Labute approximate surface area is 142 Å². The monoisotopic (exact) mass is 330 g/mol. The summed E-state index contributed by atoms with van der Waals surface area (Å²) < 4.78 is 5.50. The largest absolute Gasteiger partial charge is 0.461 e. The molecule has 24 heavy (non-hydrogen) atoms. The number of ether oxygens (including phenoxy) is 1. The molecule has 0 amide bonds. The van der Waals surface area contributed by atoms with E-state index < -0.39 is 6.10 Å². The van der Waals surface area contributed by atoms with E-state index in [4.69, 9.17) is 4.74 Å². The smallest absolute Gasteiger partial charge is 0.302 e. The highest BCUT2D eigenvalue weighted by Gasteiger charge is 2.23. The summed E-state index contributed by atoms with van der Waals surface area (Å²) in [7, 11) is 5.80. The fourth-order valence-electron chi connectivity index (χ4n) is 2.52. The van der Waals surface area contributed by atoms with Gasteiger partial charge in [-0.1, -0.05) is 24.3 Å². The van der Waals surface area contributed by atoms with Gasteiger partial charge in [-0.2, -0.15) is 0 Å². The number of aliphatic hydroxyl groups is 1. The number of nitrogens with zero attached hydrogens (tertiary/aromatic N) is 1. The van der Waals surface area contributed by atoms with E-state index in [9.17, 15) is 14.7 Å². The molecular formula is C19H24NO4+. The number of fused-ring (bicyclic) bond motifs is 1. The molecule has 0 saturated carbocycles. The summed E-state index contributed by atoms with van der Waals surface area (Å²) >= 11 is 0. The van der Waals surface area contributed by atoms with Gasteiger partial charge in [-0.15, -0.1) is 0 Å². The van der Waals surface area contributed by atoms with Crippen molar-refractivity contribution in [2.24, 2.45) is 0 Å². The van der Waals surface area contributed by atoms with E-state index in [2.05, 4.69) is 0 Å². The normalized spacial score (nSPS) is 12.9. The summed E-state index contributed by atoms with van der Waals surface area (Å²) in [6.45, 7) is 1.97. The van der Waals surface area contributed by atoms with Crippen molar-refractivity contribution in [1.29, 1.82) is 0 Å². The number of ketones is 1. The van der Waals surface area contributed by atoms with Gasteiger partial charge in [-0.25, -0.2) is 0 Å². The molecule has 2 aromatic rings. The topological polar surface area (TPSA) is 63.6 Å². The first kappa shape index (κ1) is 18.1. The first-order valence-electron chi connectivity index (χ1n) is 7.84. The van der Waals surface area contributed by atoms with Crippen LogP contribution in [-0.2, 0) is 16.1 Å². The highest BCUT2D eigenvalue weighted by Crippen LogP contribution is 2.20. The van der Waals surface area contributed by atoms with Crippen molar-refractivity contribution >= 4 is 22.5 Å². The van der Waals surface area contributed by atoms with E-state index in [-0.39, 0.29) is 18.4 Å². The van der Waals surface area contributed by atoms with Crippen LogP contribution in [0.15, 0.2) is 36.4 Å².